The molecule has 1 heterocycles. The van der Waals surface area contributed by atoms with Crippen molar-refractivity contribution in [2.24, 2.45) is 0 Å². The molecule has 17 heavy (non-hydrogen) atoms. The van der Waals surface area contributed by atoms with Crippen LogP contribution in [-0.4, -0.2) is 26.4 Å². The van der Waals surface area contributed by atoms with E-state index in [4.69, 9.17) is 19.5 Å². The molecule has 1 aromatic rings. The third kappa shape index (κ3) is 2.89. The Morgan fingerprint density at radius 2 is 2.29 bits per heavy atom. The molecular weight excluding hydrogens is 218 g/mol. The normalized spacial score (nSPS) is 19.4. The first-order valence-corrected chi connectivity index (χ1v) is 5.66. The van der Waals surface area contributed by atoms with Gasteiger partial charge < -0.3 is 14.2 Å². The van der Waals surface area contributed by atoms with Crippen LogP contribution in [0.3, 0.4) is 0 Å². The molecule has 1 saturated heterocycles. The van der Waals surface area contributed by atoms with Gasteiger partial charge in [-0.3, -0.25) is 0 Å². The monoisotopic (exact) mass is 233 g/mol. The Kier molecular flexibility index (Phi) is 3.84. The summed E-state index contributed by atoms with van der Waals surface area (Å²) in [4.78, 5) is 0. The highest BCUT2D eigenvalue weighted by molar-refractivity contribution is 5.46. The summed E-state index contributed by atoms with van der Waals surface area (Å²) in [5.74, 6) is 1.26. The Bertz CT molecular complexity index is 419. The van der Waals surface area contributed by atoms with E-state index in [2.05, 4.69) is 6.07 Å². The van der Waals surface area contributed by atoms with Crippen LogP contribution in [0.15, 0.2) is 18.2 Å². The van der Waals surface area contributed by atoms with Gasteiger partial charge in [0.1, 0.15) is 6.10 Å². The largest absolute Gasteiger partial charge is 0.493 e. The third-order valence-corrected chi connectivity index (χ3v) is 2.70. The van der Waals surface area contributed by atoms with Gasteiger partial charge in [-0.05, 0) is 25.0 Å². The number of hydrogen-bond donors (Lipinski definition) is 0. The topological polar surface area (TPSA) is 51.5 Å². The van der Waals surface area contributed by atoms with Crippen molar-refractivity contribution in [3.63, 3.8) is 0 Å². The van der Waals surface area contributed by atoms with Crippen LogP contribution in [0.2, 0.25) is 0 Å². The van der Waals surface area contributed by atoms with E-state index in [-0.39, 0.29) is 6.10 Å². The Balaban J connectivity index is 2.14. The predicted octanol–water partition coefficient (Wildman–Crippen LogP) is 2.12. The fourth-order valence-electron chi connectivity index (χ4n) is 1.82. The maximum atomic E-state index is 8.86. The molecule has 0 spiro atoms. The van der Waals surface area contributed by atoms with Crippen LogP contribution >= 0.6 is 0 Å². The molecule has 0 amide bonds. The molecule has 90 valence electrons. The maximum Gasteiger partial charge on any atom is 0.163 e. The quantitative estimate of drug-likeness (QED) is 0.802. The summed E-state index contributed by atoms with van der Waals surface area (Å²) in [7, 11) is 1.59. The van der Waals surface area contributed by atoms with Gasteiger partial charge in [-0.15, -0.1) is 0 Å². The van der Waals surface area contributed by atoms with Crippen molar-refractivity contribution in [2.75, 3.05) is 20.3 Å². The van der Waals surface area contributed by atoms with Crippen molar-refractivity contribution in [2.45, 2.75) is 18.9 Å². The van der Waals surface area contributed by atoms with E-state index in [0.29, 0.717) is 23.7 Å². The number of benzene rings is 1. The lowest BCUT2D eigenvalue weighted by Gasteiger charge is -2.24. The average molecular weight is 233 g/mol. The second-order valence-electron chi connectivity index (χ2n) is 3.93. The molecule has 0 radical (unpaired) electrons. The van der Waals surface area contributed by atoms with Crippen LogP contribution < -0.4 is 9.47 Å². The van der Waals surface area contributed by atoms with Gasteiger partial charge in [-0.2, -0.15) is 5.26 Å². The van der Waals surface area contributed by atoms with E-state index < -0.39 is 0 Å². The molecule has 2 rings (SSSR count). The van der Waals surface area contributed by atoms with E-state index >= 15 is 0 Å². The summed E-state index contributed by atoms with van der Waals surface area (Å²) in [6.45, 7) is 1.40. The van der Waals surface area contributed by atoms with Gasteiger partial charge >= 0.3 is 0 Å². The summed E-state index contributed by atoms with van der Waals surface area (Å²) in [6.07, 6.45) is 2.02. The molecule has 1 unspecified atom stereocenters. The van der Waals surface area contributed by atoms with Gasteiger partial charge in [0, 0.05) is 12.7 Å². The molecule has 4 heteroatoms. The summed E-state index contributed by atoms with van der Waals surface area (Å²) in [5, 5.41) is 8.86. The fourth-order valence-corrected chi connectivity index (χ4v) is 1.82. The van der Waals surface area contributed by atoms with Gasteiger partial charge in [0.15, 0.2) is 11.5 Å². The SMILES string of the molecule is COc1ccc(C#N)cc1OC1CCCOC1. The molecule has 1 aliphatic heterocycles. The first-order chi connectivity index (χ1) is 8.33. The maximum absolute atomic E-state index is 8.86. The van der Waals surface area contributed by atoms with Crippen LogP contribution in [-0.2, 0) is 4.74 Å². The van der Waals surface area contributed by atoms with Gasteiger partial charge in [0.2, 0.25) is 0 Å². The van der Waals surface area contributed by atoms with Crippen LogP contribution in [0.5, 0.6) is 11.5 Å². The first kappa shape index (κ1) is 11.7. The van der Waals surface area contributed by atoms with Crippen LogP contribution in [0, 0.1) is 11.3 Å². The number of hydrogen-bond acceptors (Lipinski definition) is 4. The predicted molar refractivity (Wildman–Crippen MR) is 62.2 cm³/mol. The molecule has 0 aromatic heterocycles. The number of nitrogens with zero attached hydrogens (tertiary/aromatic N) is 1. The fraction of sp³-hybridized carbons (Fsp3) is 0.462. The molecule has 1 aromatic carbocycles. The lowest BCUT2D eigenvalue weighted by molar-refractivity contribution is 0.00643. The van der Waals surface area contributed by atoms with E-state index in [0.717, 1.165) is 19.4 Å². The highest BCUT2D eigenvalue weighted by atomic mass is 16.5. The second kappa shape index (κ2) is 5.55. The minimum atomic E-state index is 0.0478. The zero-order valence-corrected chi connectivity index (χ0v) is 9.81. The highest BCUT2D eigenvalue weighted by Crippen LogP contribution is 2.29. The average Bonchev–Trinajstić information content (AvgIpc) is 2.40. The molecular formula is C13H15NO3. The Labute approximate surface area is 101 Å². The van der Waals surface area contributed by atoms with E-state index in [1.54, 1.807) is 25.3 Å². The lowest BCUT2D eigenvalue weighted by atomic mass is 10.1. The molecule has 0 aliphatic carbocycles. The lowest BCUT2D eigenvalue weighted by Crippen LogP contribution is -2.28. The van der Waals surface area contributed by atoms with Crippen LogP contribution in [0.25, 0.3) is 0 Å². The summed E-state index contributed by atoms with van der Waals surface area (Å²) >= 11 is 0. The Hall–Kier alpha value is -1.73. The van der Waals surface area contributed by atoms with E-state index in [1.165, 1.54) is 0 Å². The standard InChI is InChI=1S/C13H15NO3/c1-15-12-5-4-10(8-14)7-13(12)17-11-3-2-6-16-9-11/h4-5,7,11H,2-3,6,9H2,1H3. The van der Waals surface area contributed by atoms with Gasteiger partial charge in [-0.25, -0.2) is 0 Å². The minimum Gasteiger partial charge on any atom is -0.493 e. The molecule has 0 bridgehead atoms. The smallest absolute Gasteiger partial charge is 0.163 e. The highest BCUT2D eigenvalue weighted by Gasteiger charge is 2.17. The van der Waals surface area contributed by atoms with Crippen molar-refractivity contribution >= 4 is 0 Å². The number of rotatable bonds is 3. The van der Waals surface area contributed by atoms with Crippen LogP contribution in [0.1, 0.15) is 18.4 Å². The van der Waals surface area contributed by atoms with Gasteiger partial charge in [-0.1, -0.05) is 0 Å². The number of nitriles is 1. The zero-order chi connectivity index (χ0) is 12.1. The summed E-state index contributed by atoms with van der Waals surface area (Å²) in [6, 6.07) is 7.25. The molecule has 1 atom stereocenters. The molecule has 1 fully saturated rings. The van der Waals surface area contributed by atoms with Crippen molar-refractivity contribution in [1.82, 2.24) is 0 Å². The summed E-state index contributed by atoms with van der Waals surface area (Å²) in [5.41, 5.74) is 0.567. The number of methoxy groups -OCH3 is 1. The molecule has 1 aliphatic rings. The van der Waals surface area contributed by atoms with Crippen molar-refractivity contribution in [1.29, 1.82) is 5.26 Å². The van der Waals surface area contributed by atoms with Crippen LogP contribution in [0.4, 0.5) is 0 Å². The van der Waals surface area contributed by atoms with Crippen molar-refractivity contribution < 1.29 is 14.2 Å². The van der Waals surface area contributed by atoms with Crippen molar-refractivity contribution in [3.05, 3.63) is 23.8 Å². The van der Waals surface area contributed by atoms with E-state index in [9.17, 15) is 0 Å². The third-order valence-electron chi connectivity index (χ3n) is 2.70. The molecule has 4 nitrogen and oxygen atoms in total. The molecule has 0 N–H and O–H groups in total. The van der Waals surface area contributed by atoms with Gasteiger partial charge in [0.05, 0.1) is 25.3 Å². The zero-order valence-electron chi connectivity index (χ0n) is 9.81. The van der Waals surface area contributed by atoms with Gasteiger partial charge in [0.25, 0.3) is 0 Å². The van der Waals surface area contributed by atoms with E-state index in [1.807, 2.05) is 0 Å². The number of ether oxygens (including phenoxy) is 3. The van der Waals surface area contributed by atoms with Crippen molar-refractivity contribution in [3.8, 4) is 17.6 Å². The second-order valence-corrected chi connectivity index (χ2v) is 3.93. The summed E-state index contributed by atoms with van der Waals surface area (Å²) < 4.78 is 16.4. The molecule has 0 saturated carbocycles. The minimum absolute atomic E-state index is 0.0478. The Morgan fingerprint density at radius 3 is 2.94 bits per heavy atom. The first-order valence-electron chi connectivity index (χ1n) is 5.66. The Morgan fingerprint density at radius 1 is 1.41 bits per heavy atom.